The lowest BCUT2D eigenvalue weighted by atomic mass is 9.94. The van der Waals surface area contributed by atoms with E-state index >= 15 is 0 Å². The lowest BCUT2D eigenvalue weighted by molar-refractivity contribution is -0.0780. The van der Waals surface area contributed by atoms with Crippen LogP contribution >= 0.6 is 0 Å². The van der Waals surface area contributed by atoms with Crippen molar-refractivity contribution in [1.29, 1.82) is 0 Å². The molecule has 0 aromatic carbocycles. The zero-order valence-corrected chi connectivity index (χ0v) is 11.3. The number of aryl methyl sites for hydroxylation is 1. The van der Waals surface area contributed by atoms with Crippen molar-refractivity contribution in [3.8, 4) is 0 Å². The van der Waals surface area contributed by atoms with E-state index in [1.807, 2.05) is 19.4 Å². The fraction of sp³-hybridized carbons (Fsp3) is 0.769. The van der Waals surface area contributed by atoms with Crippen LogP contribution in [-0.4, -0.2) is 52.0 Å². The second-order valence-corrected chi connectivity index (χ2v) is 5.14. The molecule has 1 aromatic rings. The number of imidazole rings is 1. The number of hydrogen-bond donors (Lipinski definition) is 1. The first-order valence-corrected chi connectivity index (χ1v) is 6.62. The van der Waals surface area contributed by atoms with E-state index in [0.717, 1.165) is 31.8 Å². The summed E-state index contributed by atoms with van der Waals surface area (Å²) in [6.45, 7) is 5.80. The Labute approximate surface area is 108 Å². The molecule has 102 valence electrons. The molecule has 0 amide bonds. The zero-order chi connectivity index (χ0) is 13.0. The summed E-state index contributed by atoms with van der Waals surface area (Å²) in [6, 6.07) is 0. The van der Waals surface area contributed by atoms with Gasteiger partial charge in [0.1, 0.15) is 5.82 Å². The summed E-state index contributed by atoms with van der Waals surface area (Å²) in [5.74, 6) is 1.05. The average Bonchev–Trinajstić information content (AvgIpc) is 2.76. The van der Waals surface area contributed by atoms with Crippen LogP contribution in [0.1, 0.15) is 25.6 Å². The highest BCUT2D eigenvalue weighted by Gasteiger charge is 2.31. The van der Waals surface area contributed by atoms with Crippen LogP contribution in [0.5, 0.6) is 0 Å². The van der Waals surface area contributed by atoms with Gasteiger partial charge in [0.05, 0.1) is 12.1 Å². The van der Waals surface area contributed by atoms with Crippen molar-refractivity contribution in [2.24, 2.45) is 0 Å². The van der Waals surface area contributed by atoms with E-state index in [2.05, 4.69) is 21.4 Å². The predicted molar refractivity (Wildman–Crippen MR) is 69.2 cm³/mol. The second-order valence-electron chi connectivity index (χ2n) is 5.14. The summed E-state index contributed by atoms with van der Waals surface area (Å²) >= 11 is 0. The lowest BCUT2D eigenvalue weighted by Crippen LogP contribution is -2.45. The molecule has 1 aromatic heterocycles. The second kappa shape index (κ2) is 5.82. The Balaban J connectivity index is 1.90. The predicted octanol–water partition coefficient (Wildman–Crippen LogP) is 0.876. The monoisotopic (exact) mass is 253 g/mol. The van der Waals surface area contributed by atoms with Crippen LogP contribution < -0.4 is 0 Å². The molecule has 2 heterocycles. The molecular weight excluding hydrogens is 230 g/mol. The SMILES string of the molecule is CCn1ccnc1CN(C)CC1(O)CCOCC1. The van der Waals surface area contributed by atoms with Gasteiger partial charge in [-0.1, -0.05) is 0 Å². The minimum absolute atomic E-state index is 0.601. The van der Waals surface area contributed by atoms with Crippen LogP contribution in [0.25, 0.3) is 0 Å². The highest BCUT2D eigenvalue weighted by molar-refractivity contribution is 4.93. The number of nitrogens with zero attached hydrogens (tertiary/aromatic N) is 3. The van der Waals surface area contributed by atoms with Crippen LogP contribution in [0.3, 0.4) is 0 Å². The summed E-state index contributed by atoms with van der Waals surface area (Å²) in [4.78, 5) is 6.50. The van der Waals surface area contributed by atoms with Crippen LogP contribution in [0.4, 0.5) is 0 Å². The van der Waals surface area contributed by atoms with Crippen molar-refractivity contribution in [3.63, 3.8) is 0 Å². The minimum Gasteiger partial charge on any atom is -0.388 e. The van der Waals surface area contributed by atoms with Gasteiger partial charge in [-0.3, -0.25) is 4.90 Å². The molecule has 0 unspecified atom stereocenters. The Morgan fingerprint density at radius 1 is 1.50 bits per heavy atom. The Hall–Kier alpha value is -0.910. The Kier molecular flexibility index (Phi) is 4.37. The van der Waals surface area contributed by atoms with Gasteiger partial charge in [0.25, 0.3) is 0 Å². The maximum absolute atomic E-state index is 10.4. The maximum atomic E-state index is 10.4. The molecule has 5 heteroatoms. The molecule has 0 saturated carbocycles. The topological polar surface area (TPSA) is 50.5 Å². The van der Waals surface area contributed by atoms with Gasteiger partial charge < -0.3 is 14.4 Å². The number of likely N-dealkylation sites (N-methyl/N-ethyl adjacent to an activating group) is 1. The molecule has 0 atom stereocenters. The number of ether oxygens (including phenoxy) is 1. The third kappa shape index (κ3) is 3.31. The Morgan fingerprint density at radius 2 is 2.22 bits per heavy atom. The molecule has 0 bridgehead atoms. The van der Waals surface area contributed by atoms with Gasteiger partial charge in [0, 0.05) is 51.5 Å². The van der Waals surface area contributed by atoms with E-state index in [0.29, 0.717) is 19.8 Å². The van der Waals surface area contributed by atoms with Crippen LogP contribution in [-0.2, 0) is 17.8 Å². The summed E-state index contributed by atoms with van der Waals surface area (Å²) in [5, 5.41) is 10.4. The van der Waals surface area contributed by atoms with Gasteiger partial charge in [0.15, 0.2) is 0 Å². The smallest absolute Gasteiger partial charge is 0.122 e. The minimum atomic E-state index is -0.601. The van der Waals surface area contributed by atoms with Gasteiger partial charge in [0.2, 0.25) is 0 Å². The van der Waals surface area contributed by atoms with Crippen molar-refractivity contribution in [2.45, 2.75) is 38.5 Å². The summed E-state index contributed by atoms with van der Waals surface area (Å²) < 4.78 is 7.42. The fourth-order valence-corrected chi connectivity index (χ4v) is 2.49. The third-order valence-electron chi connectivity index (χ3n) is 3.54. The van der Waals surface area contributed by atoms with Crippen LogP contribution in [0, 0.1) is 0 Å². The Bertz CT molecular complexity index is 372. The number of aliphatic hydroxyl groups is 1. The number of hydrogen-bond acceptors (Lipinski definition) is 4. The van der Waals surface area contributed by atoms with Gasteiger partial charge in [-0.2, -0.15) is 0 Å². The zero-order valence-electron chi connectivity index (χ0n) is 11.3. The van der Waals surface area contributed by atoms with E-state index in [9.17, 15) is 5.11 Å². The van der Waals surface area contributed by atoms with Crippen molar-refractivity contribution in [3.05, 3.63) is 18.2 Å². The Morgan fingerprint density at radius 3 is 2.89 bits per heavy atom. The van der Waals surface area contributed by atoms with E-state index < -0.39 is 5.60 Å². The molecule has 0 aliphatic carbocycles. The average molecular weight is 253 g/mol. The normalized spacial score (nSPS) is 19.3. The highest BCUT2D eigenvalue weighted by atomic mass is 16.5. The molecule has 0 spiro atoms. The molecule has 5 nitrogen and oxygen atoms in total. The van der Waals surface area contributed by atoms with Gasteiger partial charge in [-0.15, -0.1) is 0 Å². The first-order valence-electron chi connectivity index (χ1n) is 6.62. The molecule has 1 aliphatic rings. The van der Waals surface area contributed by atoms with Gasteiger partial charge in [-0.05, 0) is 14.0 Å². The summed E-state index contributed by atoms with van der Waals surface area (Å²) in [6.07, 6.45) is 5.27. The number of rotatable bonds is 5. The standard InChI is InChI=1S/C13H23N3O2/c1-3-16-7-6-14-12(16)10-15(2)11-13(17)4-8-18-9-5-13/h6-7,17H,3-5,8-11H2,1-2H3. The molecule has 2 rings (SSSR count). The molecule has 1 aliphatic heterocycles. The van der Waals surface area contributed by atoms with Crippen molar-refractivity contribution < 1.29 is 9.84 Å². The maximum Gasteiger partial charge on any atom is 0.122 e. The van der Waals surface area contributed by atoms with Crippen LogP contribution in [0.2, 0.25) is 0 Å². The van der Waals surface area contributed by atoms with E-state index in [1.54, 1.807) is 0 Å². The highest BCUT2D eigenvalue weighted by Crippen LogP contribution is 2.21. The summed E-state index contributed by atoms with van der Waals surface area (Å²) in [7, 11) is 2.03. The largest absolute Gasteiger partial charge is 0.388 e. The molecule has 0 radical (unpaired) electrons. The molecule has 1 saturated heterocycles. The fourth-order valence-electron chi connectivity index (χ4n) is 2.49. The van der Waals surface area contributed by atoms with Crippen LogP contribution in [0.15, 0.2) is 12.4 Å². The molecule has 18 heavy (non-hydrogen) atoms. The van der Waals surface area contributed by atoms with Crippen molar-refractivity contribution >= 4 is 0 Å². The van der Waals surface area contributed by atoms with E-state index in [4.69, 9.17) is 4.74 Å². The first-order chi connectivity index (χ1) is 8.63. The lowest BCUT2D eigenvalue weighted by Gasteiger charge is -2.35. The molecule has 1 N–H and O–H groups in total. The third-order valence-corrected chi connectivity index (χ3v) is 3.54. The van der Waals surface area contributed by atoms with Gasteiger partial charge in [-0.25, -0.2) is 4.98 Å². The molecular formula is C13H23N3O2. The van der Waals surface area contributed by atoms with E-state index in [-0.39, 0.29) is 0 Å². The van der Waals surface area contributed by atoms with Crippen molar-refractivity contribution in [2.75, 3.05) is 26.8 Å². The van der Waals surface area contributed by atoms with Crippen molar-refractivity contribution in [1.82, 2.24) is 14.5 Å². The summed E-state index contributed by atoms with van der Waals surface area (Å²) in [5.41, 5.74) is -0.601. The quantitative estimate of drug-likeness (QED) is 0.846. The van der Waals surface area contributed by atoms with E-state index in [1.165, 1.54) is 0 Å². The first kappa shape index (κ1) is 13.5. The molecule has 1 fully saturated rings. The van der Waals surface area contributed by atoms with Gasteiger partial charge >= 0.3 is 0 Å². The number of aromatic nitrogens is 2.